The summed E-state index contributed by atoms with van der Waals surface area (Å²) in [5, 5.41) is 7.56. The summed E-state index contributed by atoms with van der Waals surface area (Å²) in [7, 11) is -3.35. The molecule has 0 fully saturated rings. The van der Waals surface area contributed by atoms with E-state index in [1.54, 1.807) is 65.7 Å². The molecule has 0 saturated heterocycles. The number of benzene rings is 1. The van der Waals surface area contributed by atoms with Crippen LogP contribution in [0.2, 0.25) is 5.02 Å². The number of halogens is 1. The number of rotatable bonds is 5. The zero-order chi connectivity index (χ0) is 24.9. The highest BCUT2D eigenvalue weighted by atomic mass is 35.5. The van der Waals surface area contributed by atoms with Gasteiger partial charge in [0, 0.05) is 24.2 Å². The summed E-state index contributed by atoms with van der Waals surface area (Å²) in [4.78, 5) is 21.9. The van der Waals surface area contributed by atoms with Gasteiger partial charge in [0.1, 0.15) is 5.56 Å². The molecular weight excluding hydrogens is 490 g/mol. The minimum atomic E-state index is -3.35. The zero-order valence-corrected chi connectivity index (χ0v) is 20.2. The van der Waals surface area contributed by atoms with E-state index in [-0.39, 0.29) is 16.3 Å². The Balaban J connectivity index is 1.59. The van der Waals surface area contributed by atoms with Gasteiger partial charge in [0.05, 0.1) is 39.7 Å². The minimum absolute atomic E-state index is 0.0630. The molecule has 5 aromatic rings. The molecule has 5 rings (SSSR count). The van der Waals surface area contributed by atoms with Crippen LogP contribution in [-0.2, 0) is 9.84 Å². The normalized spacial score (nSPS) is 12.8. The number of nitrogens with zero attached hydrogens (tertiary/aromatic N) is 5. The number of carbonyl (C=O) groups is 1. The second kappa shape index (κ2) is 8.36. The molecule has 1 aromatic carbocycles. The lowest BCUT2D eigenvalue weighted by Gasteiger charge is -2.20. The molecule has 1 amide bonds. The Morgan fingerprint density at radius 3 is 2.69 bits per heavy atom. The summed E-state index contributed by atoms with van der Waals surface area (Å²) in [5.74, 6) is -0.378. The van der Waals surface area contributed by atoms with E-state index < -0.39 is 21.8 Å². The largest absolute Gasteiger partial charge is 0.381 e. The second-order valence-electron chi connectivity index (χ2n) is 8.08. The van der Waals surface area contributed by atoms with Crippen molar-refractivity contribution in [3.63, 3.8) is 0 Å². The molecule has 0 aliphatic rings. The van der Waals surface area contributed by atoms with Crippen molar-refractivity contribution in [2.75, 3.05) is 12.0 Å². The number of anilines is 1. The molecule has 4 aromatic heterocycles. The van der Waals surface area contributed by atoms with Crippen molar-refractivity contribution in [3.8, 4) is 11.3 Å². The maximum atomic E-state index is 13.2. The fourth-order valence-corrected chi connectivity index (χ4v) is 4.92. The molecule has 178 valence electrons. The van der Waals surface area contributed by atoms with Gasteiger partial charge < -0.3 is 11.1 Å². The van der Waals surface area contributed by atoms with Crippen LogP contribution in [0.4, 0.5) is 5.82 Å². The molecule has 10 nitrogen and oxygen atoms in total. The molecule has 1 atom stereocenters. The number of nitrogens with two attached hydrogens (primary N) is 1. The maximum Gasteiger partial charge on any atom is 0.259 e. The predicted molar refractivity (Wildman–Crippen MR) is 132 cm³/mol. The Morgan fingerprint density at radius 1 is 1.23 bits per heavy atom. The Morgan fingerprint density at radius 2 is 1.97 bits per heavy atom. The Hall–Kier alpha value is -3.96. The molecule has 0 bridgehead atoms. The molecule has 0 saturated carbocycles. The van der Waals surface area contributed by atoms with Crippen molar-refractivity contribution in [3.05, 3.63) is 77.5 Å². The second-order valence-corrected chi connectivity index (χ2v) is 10.5. The number of fused-ring (bicyclic) bond motifs is 2. The number of imidazole rings is 1. The van der Waals surface area contributed by atoms with Crippen molar-refractivity contribution in [2.24, 2.45) is 0 Å². The van der Waals surface area contributed by atoms with Gasteiger partial charge in [-0.2, -0.15) is 0 Å². The molecule has 35 heavy (non-hydrogen) atoms. The van der Waals surface area contributed by atoms with E-state index in [2.05, 4.69) is 20.4 Å². The van der Waals surface area contributed by atoms with Crippen LogP contribution >= 0.6 is 11.6 Å². The van der Waals surface area contributed by atoms with Crippen LogP contribution in [0.1, 0.15) is 28.9 Å². The number of hydrogen-bond acceptors (Lipinski definition) is 7. The average Bonchev–Trinajstić information content (AvgIpc) is 3.42. The molecule has 4 heterocycles. The molecule has 3 N–H and O–H groups in total. The van der Waals surface area contributed by atoms with Crippen LogP contribution < -0.4 is 11.1 Å². The van der Waals surface area contributed by atoms with Gasteiger partial charge in [-0.1, -0.05) is 23.7 Å². The number of aromatic nitrogens is 5. The van der Waals surface area contributed by atoms with E-state index in [1.165, 1.54) is 4.52 Å². The van der Waals surface area contributed by atoms with Gasteiger partial charge in [-0.25, -0.2) is 22.9 Å². The lowest BCUT2D eigenvalue weighted by molar-refractivity contribution is 0.0942. The van der Waals surface area contributed by atoms with E-state index in [4.69, 9.17) is 17.3 Å². The highest BCUT2D eigenvalue weighted by Crippen LogP contribution is 2.34. The summed E-state index contributed by atoms with van der Waals surface area (Å²) in [6.45, 7) is 1.82. The van der Waals surface area contributed by atoms with Crippen molar-refractivity contribution in [1.82, 2.24) is 29.3 Å². The third-order valence-corrected chi connectivity index (χ3v) is 7.13. The highest BCUT2D eigenvalue weighted by Gasteiger charge is 2.24. The number of nitrogen functional groups attached to an aromatic ring is 1. The summed E-state index contributed by atoms with van der Waals surface area (Å²) in [6, 6.07) is 9.44. The Kier molecular flexibility index (Phi) is 5.45. The Bertz CT molecular complexity index is 1710. The number of nitrogens with one attached hydrogen (secondary N) is 1. The SMILES string of the molecule is CC(NC(=O)c1c(N)nn2cccnc12)c1cc(Cl)c2cncn2c1-c1ccc(S(C)(=O)=O)cc1. The van der Waals surface area contributed by atoms with E-state index in [0.29, 0.717) is 27.4 Å². The molecule has 0 aliphatic carbocycles. The van der Waals surface area contributed by atoms with E-state index in [1.807, 2.05) is 6.92 Å². The highest BCUT2D eigenvalue weighted by molar-refractivity contribution is 7.90. The summed E-state index contributed by atoms with van der Waals surface area (Å²) in [6.07, 6.45) is 7.62. The monoisotopic (exact) mass is 509 g/mol. The summed E-state index contributed by atoms with van der Waals surface area (Å²) in [5.41, 5.74) is 9.33. The smallest absolute Gasteiger partial charge is 0.259 e. The maximum absolute atomic E-state index is 13.2. The molecule has 0 radical (unpaired) electrons. The first kappa shape index (κ1) is 22.8. The lowest BCUT2D eigenvalue weighted by atomic mass is 9.99. The molecule has 0 spiro atoms. The van der Waals surface area contributed by atoms with Gasteiger partial charge in [-0.15, -0.1) is 5.10 Å². The van der Waals surface area contributed by atoms with Crippen LogP contribution in [-0.4, -0.2) is 44.6 Å². The van der Waals surface area contributed by atoms with Gasteiger partial charge >= 0.3 is 0 Å². The first-order chi connectivity index (χ1) is 16.6. The first-order valence-corrected chi connectivity index (χ1v) is 12.8. The molecule has 1 unspecified atom stereocenters. The molecule has 12 heteroatoms. The van der Waals surface area contributed by atoms with Crippen molar-refractivity contribution in [1.29, 1.82) is 0 Å². The van der Waals surface area contributed by atoms with Gasteiger partial charge in [-0.05, 0) is 36.8 Å². The lowest BCUT2D eigenvalue weighted by Crippen LogP contribution is -2.28. The standard InChI is InChI=1S/C23H20ClN7O3S/c1-13(28-23(32)19-21(25)29-31-9-3-8-27-22(19)31)16-10-17(24)18-11-26-12-30(18)20(16)14-4-6-15(7-5-14)35(2,33)34/h3-13H,1-2H3,(H2,25,29)(H,28,32). The fraction of sp³-hybridized carbons (Fsp3) is 0.130. The molecule has 0 aliphatic heterocycles. The van der Waals surface area contributed by atoms with Crippen LogP contribution in [0, 0.1) is 0 Å². The van der Waals surface area contributed by atoms with Gasteiger partial charge in [0.2, 0.25) is 0 Å². The van der Waals surface area contributed by atoms with E-state index >= 15 is 0 Å². The van der Waals surface area contributed by atoms with Crippen LogP contribution in [0.25, 0.3) is 22.4 Å². The van der Waals surface area contributed by atoms with E-state index in [9.17, 15) is 13.2 Å². The fourth-order valence-electron chi connectivity index (χ4n) is 4.03. The average molecular weight is 510 g/mol. The first-order valence-electron chi connectivity index (χ1n) is 10.5. The molecular formula is C23H20ClN7O3S. The van der Waals surface area contributed by atoms with Gasteiger partial charge in [-0.3, -0.25) is 9.20 Å². The van der Waals surface area contributed by atoms with E-state index in [0.717, 1.165) is 11.8 Å². The van der Waals surface area contributed by atoms with Crippen LogP contribution in [0.5, 0.6) is 0 Å². The third-order valence-electron chi connectivity index (χ3n) is 5.70. The summed E-state index contributed by atoms with van der Waals surface area (Å²) < 4.78 is 27.1. The Labute approximate surface area is 205 Å². The minimum Gasteiger partial charge on any atom is -0.381 e. The van der Waals surface area contributed by atoms with Crippen molar-refractivity contribution < 1.29 is 13.2 Å². The zero-order valence-electron chi connectivity index (χ0n) is 18.7. The van der Waals surface area contributed by atoms with Gasteiger partial charge in [0.15, 0.2) is 21.3 Å². The predicted octanol–water partition coefficient (Wildman–Crippen LogP) is 3.17. The number of sulfone groups is 1. The van der Waals surface area contributed by atoms with Crippen molar-refractivity contribution in [2.45, 2.75) is 17.9 Å². The number of amides is 1. The van der Waals surface area contributed by atoms with Crippen molar-refractivity contribution >= 4 is 44.3 Å². The number of pyridine rings is 1. The topological polar surface area (TPSA) is 137 Å². The third kappa shape index (κ3) is 3.98. The number of carbonyl (C=O) groups excluding carboxylic acids is 1. The van der Waals surface area contributed by atoms with Gasteiger partial charge in [0.25, 0.3) is 5.91 Å². The quantitative estimate of drug-likeness (QED) is 0.371. The summed E-state index contributed by atoms with van der Waals surface area (Å²) >= 11 is 6.54. The van der Waals surface area contributed by atoms with Crippen LogP contribution in [0.3, 0.4) is 0 Å². The number of hydrogen-bond donors (Lipinski definition) is 2. The van der Waals surface area contributed by atoms with Crippen LogP contribution in [0.15, 0.2) is 66.2 Å².